The van der Waals surface area contributed by atoms with E-state index in [1.54, 1.807) is 12.1 Å². The summed E-state index contributed by atoms with van der Waals surface area (Å²) < 4.78 is 13.0. The molecule has 0 aliphatic carbocycles. The summed E-state index contributed by atoms with van der Waals surface area (Å²) in [6.07, 6.45) is 0. The van der Waals surface area contributed by atoms with Gasteiger partial charge in [0.2, 0.25) is 0 Å². The van der Waals surface area contributed by atoms with Gasteiger partial charge in [-0.1, -0.05) is 19.9 Å². The van der Waals surface area contributed by atoms with E-state index in [0.717, 1.165) is 0 Å². The molecule has 0 unspecified atom stereocenters. The van der Waals surface area contributed by atoms with Gasteiger partial charge in [-0.2, -0.15) is 0 Å². The zero-order valence-corrected chi connectivity index (χ0v) is 7.39. The van der Waals surface area contributed by atoms with Gasteiger partial charge >= 0.3 is 0 Å². The quantitative estimate of drug-likeness (QED) is 0.725. The Morgan fingerprint density at radius 2 is 2.33 bits per heavy atom. The lowest BCUT2D eigenvalue weighted by molar-refractivity contribution is 0.553. The van der Waals surface area contributed by atoms with Crippen LogP contribution in [0.4, 0.5) is 4.39 Å². The fourth-order valence-electron chi connectivity index (χ4n) is 0.896. The number of hydrogen-bond donors (Lipinski definition) is 1. The Kier molecular flexibility index (Phi) is 3.23. The van der Waals surface area contributed by atoms with E-state index in [-0.39, 0.29) is 5.82 Å². The van der Waals surface area contributed by atoms with Crippen LogP contribution in [0.3, 0.4) is 0 Å². The topological polar surface area (TPSA) is 12.0 Å². The molecule has 0 bridgehead atoms. The van der Waals surface area contributed by atoms with Gasteiger partial charge in [-0.25, -0.2) is 4.39 Å². The van der Waals surface area contributed by atoms with Crippen molar-refractivity contribution in [1.82, 2.24) is 5.32 Å². The maximum absolute atomic E-state index is 13.0. The highest BCUT2D eigenvalue weighted by Crippen LogP contribution is 2.05. The molecule has 0 aliphatic rings. The van der Waals surface area contributed by atoms with Crippen LogP contribution >= 0.6 is 0 Å². The summed E-state index contributed by atoms with van der Waals surface area (Å²) >= 11 is 0. The van der Waals surface area contributed by atoms with Gasteiger partial charge < -0.3 is 5.32 Å². The first kappa shape index (κ1) is 9.20. The van der Waals surface area contributed by atoms with Crippen molar-refractivity contribution in [3.05, 3.63) is 35.6 Å². The van der Waals surface area contributed by atoms with Crippen LogP contribution in [0.25, 0.3) is 0 Å². The van der Waals surface area contributed by atoms with Crippen LogP contribution in [0.2, 0.25) is 0 Å². The van der Waals surface area contributed by atoms with Crippen LogP contribution in [0.15, 0.2) is 18.2 Å². The first-order chi connectivity index (χ1) is 5.70. The zero-order valence-electron chi connectivity index (χ0n) is 7.39. The SMILES string of the molecule is CC(C)NCc1c[c]ccc1F. The molecule has 2 heteroatoms. The summed E-state index contributed by atoms with van der Waals surface area (Å²) in [5.41, 5.74) is 0.672. The molecular weight excluding hydrogens is 153 g/mol. The molecule has 0 heterocycles. The molecule has 0 saturated carbocycles. The smallest absolute Gasteiger partial charge is 0.127 e. The Morgan fingerprint density at radius 1 is 1.58 bits per heavy atom. The molecule has 1 radical (unpaired) electrons. The highest BCUT2D eigenvalue weighted by molar-refractivity contribution is 5.15. The first-order valence-electron chi connectivity index (χ1n) is 4.08. The van der Waals surface area contributed by atoms with Gasteiger partial charge in [0.25, 0.3) is 0 Å². The van der Waals surface area contributed by atoms with Crippen LogP contribution in [0, 0.1) is 11.9 Å². The second-order valence-electron chi connectivity index (χ2n) is 3.05. The Labute approximate surface area is 72.6 Å². The van der Waals surface area contributed by atoms with Gasteiger partial charge in [-0.3, -0.25) is 0 Å². The third-order valence-electron chi connectivity index (χ3n) is 1.59. The standard InChI is InChI=1S/C10H13FN/c1-8(2)12-7-9-5-3-4-6-10(9)11/h4-6,8,12H,7H2,1-2H3. The summed E-state index contributed by atoms with van der Waals surface area (Å²) in [6.45, 7) is 4.63. The molecule has 12 heavy (non-hydrogen) atoms. The molecule has 1 rings (SSSR count). The van der Waals surface area contributed by atoms with Crippen molar-refractivity contribution in [2.24, 2.45) is 0 Å². The molecule has 0 saturated heterocycles. The number of rotatable bonds is 3. The third-order valence-corrected chi connectivity index (χ3v) is 1.59. The van der Waals surface area contributed by atoms with Gasteiger partial charge in [0.15, 0.2) is 0 Å². The van der Waals surface area contributed by atoms with Crippen molar-refractivity contribution in [2.75, 3.05) is 0 Å². The molecule has 1 aromatic rings. The second-order valence-corrected chi connectivity index (χ2v) is 3.05. The van der Waals surface area contributed by atoms with Gasteiger partial charge in [0.1, 0.15) is 5.82 Å². The maximum atomic E-state index is 13.0. The van der Waals surface area contributed by atoms with Crippen molar-refractivity contribution < 1.29 is 4.39 Å². The van der Waals surface area contributed by atoms with Gasteiger partial charge in [0.05, 0.1) is 0 Å². The van der Waals surface area contributed by atoms with E-state index in [2.05, 4.69) is 11.4 Å². The largest absolute Gasteiger partial charge is 0.310 e. The Morgan fingerprint density at radius 3 is 2.92 bits per heavy atom. The molecule has 1 nitrogen and oxygen atoms in total. The molecule has 0 aliphatic heterocycles. The van der Waals surface area contributed by atoms with Crippen molar-refractivity contribution >= 4 is 0 Å². The summed E-state index contributed by atoms with van der Waals surface area (Å²) in [5, 5.41) is 3.14. The molecule has 65 valence electrons. The average Bonchev–Trinajstić information content (AvgIpc) is 2.03. The Hall–Kier alpha value is -0.890. The van der Waals surface area contributed by atoms with E-state index in [0.29, 0.717) is 18.2 Å². The Bertz CT molecular complexity index is 245. The summed E-state index contributed by atoms with van der Waals surface area (Å²) in [4.78, 5) is 0. The minimum absolute atomic E-state index is 0.165. The van der Waals surface area contributed by atoms with Crippen LogP contribution in [-0.2, 0) is 6.54 Å². The molecular formula is C10H13FN. The van der Waals surface area contributed by atoms with Crippen molar-refractivity contribution in [2.45, 2.75) is 26.4 Å². The number of benzene rings is 1. The van der Waals surface area contributed by atoms with Crippen molar-refractivity contribution in [3.63, 3.8) is 0 Å². The number of halogens is 1. The van der Waals surface area contributed by atoms with E-state index >= 15 is 0 Å². The first-order valence-corrected chi connectivity index (χ1v) is 4.08. The highest BCUT2D eigenvalue weighted by Gasteiger charge is 2.00. The number of hydrogen-bond acceptors (Lipinski definition) is 1. The van der Waals surface area contributed by atoms with E-state index in [1.807, 2.05) is 13.8 Å². The summed E-state index contributed by atoms with van der Waals surface area (Å²) in [5.74, 6) is -0.165. The van der Waals surface area contributed by atoms with Gasteiger partial charge in [0, 0.05) is 18.2 Å². The molecule has 0 fully saturated rings. The van der Waals surface area contributed by atoms with Crippen molar-refractivity contribution in [3.8, 4) is 0 Å². The minimum Gasteiger partial charge on any atom is -0.310 e. The zero-order chi connectivity index (χ0) is 8.97. The predicted molar refractivity (Wildman–Crippen MR) is 47.2 cm³/mol. The minimum atomic E-state index is -0.165. The van der Waals surface area contributed by atoms with Crippen LogP contribution in [0.1, 0.15) is 19.4 Å². The fraction of sp³-hybridized carbons (Fsp3) is 0.400. The Balaban J connectivity index is 2.57. The summed E-state index contributed by atoms with van der Waals surface area (Å²) in [7, 11) is 0. The monoisotopic (exact) mass is 166 g/mol. The third kappa shape index (κ3) is 2.62. The average molecular weight is 166 g/mol. The second kappa shape index (κ2) is 4.21. The molecule has 0 atom stereocenters. The molecule has 0 amide bonds. The van der Waals surface area contributed by atoms with Crippen LogP contribution in [-0.4, -0.2) is 6.04 Å². The van der Waals surface area contributed by atoms with E-state index in [1.165, 1.54) is 6.07 Å². The molecule has 0 aromatic heterocycles. The van der Waals surface area contributed by atoms with Gasteiger partial charge in [-0.05, 0) is 18.2 Å². The van der Waals surface area contributed by atoms with E-state index in [9.17, 15) is 4.39 Å². The lowest BCUT2D eigenvalue weighted by Gasteiger charge is -2.07. The van der Waals surface area contributed by atoms with Crippen molar-refractivity contribution in [1.29, 1.82) is 0 Å². The lowest BCUT2D eigenvalue weighted by atomic mass is 10.2. The molecule has 1 N–H and O–H groups in total. The van der Waals surface area contributed by atoms with E-state index < -0.39 is 0 Å². The molecule has 0 spiro atoms. The van der Waals surface area contributed by atoms with Gasteiger partial charge in [-0.15, -0.1) is 0 Å². The summed E-state index contributed by atoms with van der Waals surface area (Å²) in [6, 6.07) is 7.90. The maximum Gasteiger partial charge on any atom is 0.127 e. The van der Waals surface area contributed by atoms with E-state index in [4.69, 9.17) is 0 Å². The normalized spacial score (nSPS) is 10.7. The predicted octanol–water partition coefficient (Wildman–Crippen LogP) is 2.12. The van der Waals surface area contributed by atoms with Crippen LogP contribution in [0.5, 0.6) is 0 Å². The lowest BCUT2D eigenvalue weighted by Crippen LogP contribution is -2.22. The van der Waals surface area contributed by atoms with Crippen LogP contribution < -0.4 is 5.32 Å². The fourth-order valence-corrected chi connectivity index (χ4v) is 0.896. The highest BCUT2D eigenvalue weighted by atomic mass is 19.1. The molecule has 1 aromatic carbocycles. The number of nitrogens with one attached hydrogen (secondary N) is 1.